The number of aryl methyl sites for hydroxylation is 1. The number of aromatic nitrogens is 3. The van der Waals surface area contributed by atoms with Crippen LogP contribution in [0.5, 0.6) is 5.75 Å². The highest BCUT2D eigenvalue weighted by molar-refractivity contribution is 5.55. The molecule has 138 valence electrons. The Bertz CT molecular complexity index is 1160. The van der Waals surface area contributed by atoms with E-state index >= 15 is 0 Å². The first-order valence-corrected chi connectivity index (χ1v) is 8.71. The maximum Gasteiger partial charge on any atom is 0.259 e. The van der Waals surface area contributed by atoms with Crippen molar-refractivity contribution in [2.24, 2.45) is 5.73 Å². The molecule has 0 bridgehead atoms. The number of rotatable bonds is 3. The first-order valence-electron chi connectivity index (χ1n) is 8.71. The van der Waals surface area contributed by atoms with E-state index < -0.39 is 5.92 Å². The topological polar surface area (TPSA) is 107 Å². The van der Waals surface area contributed by atoms with Crippen LogP contribution < -0.4 is 16.0 Å². The molecule has 7 nitrogen and oxygen atoms in total. The smallest absolute Gasteiger partial charge is 0.259 e. The van der Waals surface area contributed by atoms with E-state index in [1.54, 1.807) is 47.6 Å². The van der Waals surface area contributed by atoms with Gasteiger partial charge in [-0.25, -0.2) is 0 Å². The lowest BCUT2D eigenvalue weighted by atomic mass is 9.84. The van der Waals surface area contributed by atoms with E-state index in [0.29, 0.717) is 17.9 Å². The lowest BCUT2D eigenvalue weighted by Crippen LogP contribution is -2.33. The van der Waals surface area contributed by atoms with E-state index in [0.717, 1.165) is 16.8 Å². The van der Waals surface area contributed by atoms with Gasteiger partial charge in [0, 0.05) is 36.5 Å². The fraction of sp³-hybridized carbons (Fsp3) is 0.143. The standard InChI is InChI=1S/C21H17N5O2/c1-13-9-17-19(21(27)26(13)12-14-3-2-6-25-11-14)18(15-4-7-24-8-5-15)16(10-22)20(23)28-17/h2-9,11,18H,12,23H2,1H3. The van der Waals surface area contributed by atoms with Crippen molar-refractivity contribution >= 4 is 0 Å². The molecule has 1 aliphatic rings. The third-order valence-electron chi connectivity index (χ3n) is 4.79. The van der Waals surface area contributed by atoms with E-state index in [1.165, 1.54) is 0 Å². The van der Waals surface area contributed by atoms with Crippen LogP contribution in [0.3, 0.4) is 0 Å². The average molecular weight is 371 g/mol. The van der Waals surface area contributed by atoms with Gasteiger partial charge in [-0.3, -0.25) is 14.8 Å². The van der Waals surface area contributed by atoms with Crippen molar-refractivity contribution in [3.8, 4) is 11.8 Å². The number of nitriles is 1. The highest BCUT2D eigenvalue weighted by atomic mass is 16.5. The van der Waals surface area contributed by atoms with E-state index in [4.69, 9.17) is 10.5 Å². The summed E-state index contributed by atoms with van der Waals surface area (Å²) >= 11 is 0. The molecule has 4 rings (SSSR count). The number of hydrogen-bond acceptors (Lipinski definition) is 6. The molecule has 1 aliphatic heterocycles. The molecule has 0 spiro atoms. The number of nitrogens with zero attached hydrogens (tertiary/aromatic N) is 4. The minimum atomic E-state index is -0.606. The summed E-state index contributed by atoms with van der Waals surface area (Å²) in [5, 5.41) is 9.67. The monoisotopic (exact) mass is 371 g/mol. The van der Waals surface area contributed by atoms with Gasteiger partial charge in [-0.05, 0) is 36.2 Å². The number of fused-ring (bicyclic) bond motifs is 1. The highest BCUT2D eigenvalue weighted by Crippen LogP contribution is 2.40. The molecule has 1 atom stereocenters. The molecule has 0 aromatic carbocycles. The van der Waals surface area contributed by atoms with Crippen LogP contribution in [0.2, 0.25) is 0 Å². The van der Waals surface area contributed by atoms with Gasteiger partial charge in [0.2, 0.25) is 5.88 Å². The van der Waals surface area contributed by atoms with Crippen LogP contribution in [-0.4, -0.2) is 14.5 Å². The maximum atomic E-state index is 13.5. The van der Waals surface area contributed by atoms with Gasteiger partial charge in [-0.1, -0.05) is 6.07 Å². The van der Waals surface area contributed by atoms with Gasteiger partial charge in [0.05, 0.1) is 18.0 Å². The fourth-order valence-electron chi connectivity index (χ4n) is 3.45. The van der Waals surface area contributed by atoms with Crippen molar-refractivity contribution < 1.29 is 4.74 Å². The minimum absolute atomic E-state index is 0.0145. The van der Waals surface area contributed by atoms with Crippen molar-refractivity contribution in [1.29, 1.82) is 5.26 Å². The number of allylic oxidation sites excluding steroid dienone is 1. The predicted octanol–water partition coefficient (Wildman–Crippen LogP) is 2.21. The molecular weight excluding hydrogens is 354 g/mol. The Morgan fingerprint density at radius 2 is 2.04 bits per heavy atom. The maximum absolute atomic E-state index is 13.5. The molecule has 0 fully saturated rings. The summed E-state index contributed by atoms with van der Waals surface area (Å²) in [6.45, 7) is 2.21. The van der Waals surface area contributed by atoms with E-state index in [1.807, 2.05) is 19.1 Å². The summed E-state index contributed by atoms with van der Waals surface area (Å²) in [4.78, 5) is 21.6. The second-order valence-corrected chi connectivity index (χ2v) is 6.52. The number of ether oxygens (including phenoxy) is 1. The molecule has 2 N–H and O–H groups in total. The Hall–Kier alpha value is -3.92. The van der Waals surface area contributed by atoms with Crippen molar-refractivity contribution in [3.05, 3.63) is 99.3 Å². The summed E-state index contributed by atoms with van der Waals surface area (Å²) in [6.07, 6.45) is 6.66. The van der Waals surface area contributed by atoms with Gasteiger partial charge < -0.3 is 15.0 Å². The van der Waals surface area contributed by atoms with Gasteiger partial charge in [0.15, 0.2) is 0 Å². The zero-order valence-electron chi connectivity index (χ0n) is 15.2. The number of pyridine rings is 3. The summed E-state index contributed by atoms with van der Waals surface area (Å²) in [5.74, 6) is -0.214. The van der Waals surface area contributed by atoms with E-state index in [-0.39, 0.29) is 17.0 Å². The van der Waals surface area contributed by atoms with Gasteiger partial charge in [-0.15, -0.1) is 0 Å². The molecular formula is C21H17N5O2. The zero-order chi connectivity index (χ0) is 19.7. The number of nitrogens with two attached hydrogens (primary N) is 1. The van der Waals surface area contributed by atoms with Crippen molar-refractivity contribution in [2.75, 3.05) is 0 Å². The van der Waals surface area contributed by atoms with Gasteiger partial charge in [0.1, 0.15) is 17.4 Å². The molecule has 7 heteroatoms. The van der Waals surface area contributed by atoms with Crippen LogP contribution in [0, 0.1) is 18.3 Å². The molecule has 1 unspecified atom stereocenters. The van der Waals surface area contributed by atoms with Crippen LogP contribution in [0.4, 0.5) is 0 Å². The fourth-order valence-corrected chi connectivity index (χ4v) is 3.45. The van der Waals surface area contributed by atoms with E-state index in [2.05, 4.69) is 16.0 Å². The van der Waals surface area contributed by atoms with Gasteiger partial charge in [0.25, 0.3) is 5.56 Å². The molecule has 0 saturated carbocycles. The first-order chi connectivity index (χ1) is 13.6. The molecule has 4 heterocycles. The third kappa shape index (κ3) is 2.91. The molecule has 0 aliphatic carbocycles. The van der Waals surface area contributed by atoms with Crippen LogP contribution in [0.15, 0.2) is 71.4 Å². The highest BCUT2D eigenvalue weighted by Gasteiger charge is 2.34. The largest absolute Gasteiger partial charge is 0.440 e. The number of hydrogen-bond donors (Lipinski definition) is 1. The first kappa shape index (κ1) is 17.5. The molecule has 0 radical (unpaired) electrons. The second kappa shape index (κ2) is 7.00. The average Bonchev–Trinajstić information content (AvgIpc) is 2.71. The summed E-state index contributed by atoms with van der Waals surface area (Å²) in [6, 6.07) is 11.2. The lowest BCUT2D eigenvalue weighted by Gasteiger charge is -2.27. The van der Waals surface area contributed by atoms with Crippen molar-refractivity contribution in [2.45, 2.75) is 19.4 Å². The molecule has 0 amide bonds. The Kier molecular flexibility index (Phi) is 4.38. The normalized spacial score (nSPS) is 15.5. The molecule has 3 aromatic heterocycles. The summed E-state index contributed by atoms with van der Waals surface area (Å²) in [7, 11) is 0. The van der Waals surface area contributed by atoms with E-state index in [9.17, 15) is 10.1 Å². The van der Waals surface area contributed by atoms with Crippen LogP contribution in [0.25, 0.3) is 0 Å². The summed E-state index contributed by atoms with van der Waals surface area (Å²) in [5.41, 5.74) is 8.78. The quantitative estimate of drug-likeness (QED) is 0.756. The lowest BCUT2D eigenvalue weighted by molar-refractivity contribution is 0.389. The van der Waals surface area contributed by atoms with Crippen LogP contribution in [-0.2, 0) is 6.54 Å². The minimum Gasteiger partial charge on any atom is -0.440 e. The van der Waals surface area contributed by atoms with Crippen molar-refractivity contribution in [1.82, 2.24) is 14.5 Å². The van der Waals surface area contributed by atoms with Crippen LogP contribution in [0.1, 0.15) is 28.3 Å². The zero-order valence-corrected chi connectivity index (χ0v) is 15.2. The Morgan fingerprint density at radius 3 is 2.71 bits per heavy atom. The van der Waals surface area contributed by atoms with Crippen molar-refractivity contribution in [3.63, 3.8) is 0 Å². The Morgan fingerprint density at radius 1 is 1.25 bits per heavy atom. The predicted molar refractivity (Wildman–Crippen MR) is 102 cm³/mol. The molecule has 0 saturated heterocycles. The van der Waals surface area contributed by atoms with Gasteiger partial charge >= 0.3 is 0 Å². The van der Waals surface area contributed by atoms with Crippen LogP contribution >= 0.6 is 0 Å². The Balaban J connectivity index is 1.93. The third-order valence-corrected chi connectivity index (χ3v) is 4.79. The molecule has 28 heavy (non-hydrogen) atoms. The molecule has 3 aromatic rings. The Labute approximate surface area is 161 Å². The summed E-state index contributed by atoms with van der Waals surface area (Å²) < 4.78 is 7.30. The van der Waals surface area contributed by atoms with Gasteiger partial charge in [-0.2, -0.15) is 5.26 Å². The second-order valence-electron chi connectivity index (χ2n) is 6.52. The SMILES string of the molecule is Cc1cc2c(c(=O)n1Cc1cccnc1)C(c1ccncc1)C(C#N)=C(N)O2.